The number of fused-ring (bicyclic) bond motifs is 1. The van der Waals surface area contributed by atoms with Gasteiger partial charge in [0, 0.05) is 12.4 Å². The van der Waals surface area contributed by atoms with E-state index < -0.39 is 0 Å². The van der Waals surface area contributed by atoms with Crippen molar-refractivity contribution in [2.45, 2.75) is 13.0 Å². The molecule has 4 aromatic rings. The molecule has 0 aliphatic heterocycles. The maximum Gasteiger partial charge on any atom is 0.180 e. The van der Waals surface area contributed by atoms with E-state index in [1.54, 1.807) is 22.9 Å². The van der Waals surface area contributed by atoms with Gasteiger partial charge in [0.1, 0.15) is 17.2 Å². The van der Waals surface area contributed by atoms with Crippen LogP contribution >= 0.6 is 0 Å². The number of rotatable bonds is 4. The molecule has 130 valence electrons. The number of anilines is 2. The maximum absolute atomic E-state index is 13.6. The normalized spacial score (nSPS) is 12.2. The first kappa shape index (κ1) is 15.9. The molecule has 0 aliphatic rings. The topological polar surface area (TPSA) is 94.0 Å². The van der Waals surface area contributed by atoms with Crippen LogP contribution in [0.2, 0.25) is 0 Å². The Morgan fingerprint density at radius 3 is 2.81 bits per heavy atom. The Bertz CT molecular complexity index is 1060. The molecule has 3 N–H and O–H groups in total. The molecule has 4 heterocycles. The predicted molar refractivity (Wildman–Crippen MR) is 96.9 cm³/mol. The van der Waals surface area contributed by atoms with Crippen LogP contribution in [0, 0.1) is 5.82 Å². The van der Waals surface area contributed by atoms with Crippen LogP contribution in [0.1, 0.15) is 18.7 Å². The Morgan fingerprint density at radius 2 is 2.00 bits per heavy atom. The second kappa shape index (κ2) is 6.40. The number of halogens is 1. The van der Waals surface area contributed by atoms with Gasteiger partial charge in [-0.25, -0.2) is 19.3 Å². The molecular formula is C18H16FN7. The van der Waals surface area contributed by atoms with Gasteiger partial charge in [-0.2, -0.15) is 0 Å². The van der Waals surface area contributed by atoms with Crippen molar-refractivity contribution in [3.8, 4) is 11.5 Å². The van der Waals surface area contributed by atoms with Crippen LogP contribution < -0.4 is 11.1 Å². The van der Waals surface area contributed by atoms with Crippen LogP contribution in [0.4, 0.5) is 15.9 Å². The quantitative estimate of drug-likeness (QED) is 0.588. The Morgan fingerprint density at radius 1 is 1.12 bits per heavy atom. The zero-order valence-corrected chi connectivity index (χ0v) is 14.0. The predicted octanol–water partition coefficient (Wildman–Crippen LogP) is 3.08. The molecule has 8 heteroatoms. The molecule has 26 heavy (non-hydrogen) atoms. The van der Waals surface area contributed by atoms with Crippen molar-refractivity contribution in [3.63, 3.8) is 0 Å². The van der Waals surface area contributed by atoms with Crippen LogP contribution in [-0.4, -0.2) is 24.3 Å². The summed E-state index contributed by atoms with van der Waals surface area (Å²) >= 11 is 0. The number of imidazole rings is 1. The smallest absolute Gasteiger partial charge is 0.180 e. The number of nitrogen functional groups attached to an aromatic ring is 1. The second-order valence-corrected chi connectivity index (χ2v) is 5.84. The lowest BCUT2D eigenvalue weighted by Crippen LogP contribution is -2.12. The van der Waals surface area contributed by atoms with E-state index in [1.165, 1.54) is 18.5 Å². The van der Waals surface area contributed by atoms with Crippen LogP contribution in [-0.2, 0) is 0 Å². The highest BCUT2D eigenvalue weighted by Crippen LogP contribution is 2.25. The van der Waals surface area contributed by atoms with Gasteiger partial charge < -0.3 is 11.1 Å². The minimum Gasteiger partial charge on any atom is -0.394 e. The third kappa shape index (κ3) is 2.92. The summed E-state index contributed by atoms with van der Waals surface area (Å²) in [6, 6.07) is 8.55. The molecule has 0 fully saturated rings. The van der Waals surface area contributed by atoms with Crippen molar-refractivity contribution in [3.05, 3.63) is 66.6 Å². The average molecular weight is 349 g/mol. The summed E-state index contributed by atoms with van der Waals surface area (Å²) in [5.41, 5.74) is 8.48. The van der Waals surface area contributed by atoms with E-state index in [2.05, 4.69) is 25.3 Å². The first-order chi connectivity index (χ1) is 12.6. The lowest BCUT2D eigenvalue weighted by molar-refractivity contribution is 0.619. The van der Waals surface area contributed by atoms with Crippen LogP contribution in [0.3, 0.4) is 0 Å². The summed E-state index contributed by atoms with van der Waals surface area (Å²) in [4.78, 5) is 17.3. The van der Waals surface area contributed by atoms with E-state index in [0.29, 0.717) is 28.7 Å². The fourth-order valence-corrected chi connectivity index (χ4v) is 2.66. The van der Waals surface area contributed by atoms with Gasteiger partial charge in [0.15, 0.2) is 11.6 Å². The molecule has 4 rings (SSSR count). The first-order valence-electron chi connectivity index (χ1n) is 8.05. The molecule has 0 saturated carbocycles. The number of nitrogens with zero attached hydrogens (tertiary/aromatic N) is 5. The van der Waals surface area contributed by atoms with Gasteiger partial charge in [0.05, 0.1) is 29.8 Å². The fraction of sp³-hybridized carbons (Fsp3) is 0.111. The Kier molecular flexibility index (Phi) is 3.92. The minimum atomic E-state index is -0.366. The van der Waals surface area contributed by atoms with Gasteiger partial charge in [0.25, 0.3) is 0 Å². The van der Waals surface area contributed by atoms with Gasteiger partial charge in [0.2, 0.25) is 0 Å². The largest absolute Gasteiger partial charge is 0.394 e. The monoisotopic (exact) mass is 349 g/mol. The molecule has 0 bridgehead atoms. The first-order valence-corrected chi connectivity index (χ1v) is 8.05. The molecule has 4 aromatic heterocycles. The molecule has 0 saturated heterocycles. The highest BCUT2D eigenvalue weighted by Gasteiger charge is 2.14. The number of pyridine rings is 2. The molecule has 0 spiro atoms. The van der Waals surface area contributed by atoms with E-state index in [-0.39, 0.29) is 11.9 Å². The fourth-order valence-electron chi connectivity index (χ4n) is 2.66. The van der Waals surface area contributed by atoms with Crippen molar-refractivity contribution in [1.29, 1.82) is 0 Å². The van der Waals surface area contributed by atoms with Crippen molar-refractivity contribution >= 4 is 17.2 Å². The Hall–Kier alpha value is -3.55. The SMILES string of the molecule is C[C@@H](Nc1nc(-c2cnc3ccc(F)cn23)ncc1N)c1ccccn1. The van der Waals surface area contributed by atoms with Gasteiger partial charge in [-0.05, 0) is 31.2 Å². The molecule has 7 nitrogen and oxygen atoms in total. The standard InChI is InChI=1S/C18H16FN7/c1-11(14-4-2-3-7-21-14)24-17-13(20)8-23-18(25-17)15-9-22-16-6-5-12(19)10-26(15)16/h2-11H,20H2,1H3,(H,23,24,25)/t11-/m1/s1. The maximum atomic E-state index is 13.6. The second-order valence-electron chi connectivity index (χ2n) is 5.84. The number of hydrogen-bond donors (Lipinski definition) is 2. The zero-order chi connectivity index (χ0) is 18.1. The average Bonchev–Trinajstić information content (AvgIpc) is 3.07. The van der Waals surface area contributed by atoms with E-state index in [9.17, 15) is 4.39 Å². The third-order valence-corrected chi connectivity index (χ3v) is 4.00. The third-order valence-electron chi connectivity index (χ3n) is 4.00. The summed E-state index contributed by atoms with van der Waals surface area (Å²) in [5, 5.41) is 3.25. The van der Waals surface area contributed by atoms with Crippen molar-refractivity contribution in [2.24, 2.45) is 0 Å². The highest BCUT2D eigenvalue weighted by atomic mass is 19.1. The van der Waals surface area contributed by atoms with Gasteiger partial charge in [-0.3, -0.25) is 9.38 Å². The summed E-state index contributed by atoms with van der Waals surface area (Å²) in [6.07, 6.45) is 6.21. The molecule has 0 unspecified atom stereocenters. The Balaban J connectivity index is 1.71. The molecule has 0 amide bonds. The number of hydrogen-bond acceptors (Lipinski definition) is 6. The lowest BCUT2D eigenvalue weighted by atomic mass is 10.2. The summed E-state index contributed by atoms with van der Waals surface area (Å²) in [7, 11) is 0. The van der Waals surface area contributed by atoms with Gasteiger partial charge in [-0.1, -0.05) is 6.07 Å². The number of aromatic nitrogens is 5. The number of nitrogens with one attached hydrogen (secondary N) is 1. The van der Waals surface area contributed by atoms with E-state index in [4.69, 9.17) is 5.73 Å². The van der Waals surface area contributed by atoms with Crippen LogP contribution in [0.5, 0.6) is 0 Å². The van der Waals surface area contributed by atoms with Crippen molar-refractivity contribution in [1.82, 2.24) is 24.3 Å². The zero-order valence-electron chi connectivity index (χ0n) is 14.0. The van der Waals surface area contributed by atoms with Gasteiger partial charge >= 0.3 is 0 Å². The highest BCUT2D eigenvalue weighted by molar-refractivity contribution is 5.66. The van der Waals surface area contributed by atoms with E-state index >= 15 is 0 Å². The van der Waals surface area contributed by atoms with Gasteiger partial charge in [-0.15, -0.1) is 0 Å². The van der Waals surface area contributed by atoms with Crippen LogP contribution in [0.25, 0.3) is 17.2 Å². The molecule has 0 aromatic carbocycles. The van der Waals surface area contributed by atoms with E-state index in [1.807, 2.05) is 25.1 Å². The summed E-state index contributed by atoms with van der Waals surface area (Å²) in [5.74, 6) is 0.516. The number of nitrogens with two attached hydrogens (primary N) is 1. The van der Waals surface area contributed by atoms with Crippen LogP contribution in [0.15, 0.2) is 55.1 Å². The van der Waals surface area contributed by atoms with Crippen molar-refractivity contribution in [2.75, 3.05) is 11.1 Å². The minimum absolute atomic E-state index is 0.0964. The molecule has 0 radical (unpaired) electrons. The van der Waals surface area contributed by atoms with Crippen molar-refractivity contribution < 1.29 is 4.39 Å². The van der Waals surface area contributed by atoms with E-state index in [0.717, 1.165) is 5.69 Å². The molecular weight excluding hydrogens is 333 g/mol. The molecule has 0 aliphatic carbocycles. The lowest BCUT2D eigenvalue weighted by Gasteiger charge is -2.15. The summed E-state index contributed by atoms with van der Waals surface area (Å²) in [6.45, 7) is 1.97. The summed E-state index contributed by atoms with van der Waals surface area (Å²) < 4.78 is 15.2. The molecule has 1 atom stereocenters. The Labute approximate surface area is 148 Å².